The van der Waals surface area contributed by atoms with E-state index in [0.29, 0.717) is 11.6 Å². The Bertz CT molecular complexity index is 1170. The summed E-state index contributed by atoms with van der Waals surface area (Å²) in [4.78, 5) is 36.6. The van der Waals surface area contributed by atoms with Gasteiger partial charge in [-0.15, -0.1) is 0 Å². The quantitative estimate of drug-likeness (QED) is 0.509. The molecule has 2 amide bonds. The summed E-state index contributed by atoms with van der Waals surface area (Å²) < 4.78 is 1.43. The molecule has 140 valence electrons. The number of hydrogen-bond acceptors (Lipinski definition) is 4. The second-order valence-corrected chi connectivity index (χ2v) is 6.47. The van der Waals surface area contributed by atoms with Crippen molar-refractivity contribution in [1.82, 2.24) is 19.5 Å². The largest absolute Gasteiger partial charge is 0.364 e. The van der Waals surface area contributed by atoms with Crippen molar-refractivity contribution < 1.29 is 9.59 Å². The molecule has 0 fully saturated rings. The van der Waals surface area contributed by atoms with Crippen LogP contribution in [0.5, 0.6) is 0 Å². The SMILES string of the molecule is Cc1cccc(C)c1NC(=O)c1c(C(N)=O)ncn1-c1nc2ccccc2[nH]1. The van der Waals surface area contributed by atoms with E-state index in [2.05, 4.69) is 20.3 Å². The van der Waals surface area contributed by atoms with E-state index in [1.807, 2.05) is 56.3 Å². The van der Waals surface area contributed by atoms with E-state index in [1.54, 1.807) is 0 Å². The van der Waals surface area contributed by atoms with Gasteiger partial charge in [-0.05, 0) is 37.1 Å². The number of hydrogen-bond donors (Lipinski definition) is 3. The molecular weight excluding hydrogens is 356 g/mol. The van der Waals surface area contributed by atoms with Gasteiger partial charge >= 0.3 is 0 Å². The number of benzene rings is 2. The zero-order chi connectivity index (χ0) is 19.8. The molecule has 0 aliphatic heterocycles. The molecule has 28 heavy (non-hydrogen) atoms. The zero-order valence-corrected chi connectivity index (χ0v) is 15.4. The van der Waals surface area contributed by atoms with E-state index in [0.717, 1.165) is 22.2 Å². The second kappa shape index (κ2) is 6.66. The van der Waals surface area contributed by atoms with Crippen molar-refractivity contribution in [1.29, 1.82) is 0 Å². The summed E-state index contributed by atoms with van der Waals surface area (Å²) in [5.74, 6) is -0.918. The van der Waals surface area contributed by atoms with E-state index in [-0.39, 0.29) is 11.4 Å². The number of aryl methyl sites for hydroxylation is 2. The number of fused-ring (bicyclic) bond motifs is 1. The third-order valence-corrected chi connectivity index (χ3v) is 4.54. The summed E-state index contributed by atoms with van der Waals surface area (Å²) in [6.45, 7) is 3.79. The van der Waals surface area contributed by atoms with Crippen molar-refractivity contribution in [2.24, 2.45) is 5.73 Å². The first-order valence-corrected chi connectivity index (χ1v) is 8.65. The van der Waals surface area contributed by atoms with Gasteiger partial charge in [0.1, 0.15) is 12.0 Å². The molecule has 0 saturated heterocycles. The predicted octanol–water partition coefficient (Wildman–Crippen LogP) is 2.72. The number of primary amides is 1. The van der Waals surface area contributed by atoms with Crippen LogP contribution in [0.25, 0.3) is 17.0 Å². The Morgan fingerprint density at radius 1 is 1.07 bits per heavy atom. The lowest BCUT2D eigenvalue weighted by atomic mass is 10.1. The van der Waals surface area contributed by atoms with Crippen LogP contribution in [0.2, 0.25) is 0 Å². The summed E-state index contributed by atoms with van der Waals surface area (Å²) in [6.07, 6.45) is 1.36. The average molecular weight is 374 g/mol. The molecule has 0 aliphatic carbocycles. The van der Waals surface area contributed by atoms with Crippen LogP contribution in [0.4, 0.5) is 5.69 Å². The van der Waals surface area contributed by atoms with Gasteiger partial charge in [0.2, 0.25) is 5.95 Å². The number of aromatic nitrogens is 4. The normalized spacial score (nSPS) is 10.9. The number of carbonyl (C=O) groups excluding carboxylic acids is 2. The van der Waals surface area contributed by atoms with Crippen molar-refractivity contribution in [2.45, 2.75) is 13.8 Å². The predicted molar refractivity (Wildman–Crippen MR) is 106 cm³/mol. The maximum absolute atomic E-state index is 13.1. The van der Waals surface area contributed by atoms with Gasteiger partial charge in [-0.3, -0.25) is 14.2 Å². The maximum Gasteiger partial charge on any atom is 0.275 e. The molecule has 0 bridgehead atoms. The summed E-state index contributed by atoms with van der Waals surface area (Å²) in [5.41, 5.74) is 9.37. The Morgan fingerprint density at radius 2 is 1.79 bits per heavy atom. The highest BCUT2D eigenvalue weighted by molar-refractivity contribution is 6.10. The van der Waals surface area contributed by atoms with Gasteiger partial charge in [-0.2, -0.15) is 0 Å². The molecule has 0 spiro atoms. The minimum absolute atomic E-state index is 0.0224. The Balaban J connectivity index is 1.82. The van der Waals surface area contributed by atoms with Crippen LogP contribution in [0.15, 0.2) is 48.8 Å². The molecule has 8 heteroatoms. The van der Waals surface area contributed by atoms with Gasteiger partial charge in [0.25, 0.3) is 11.8 Å². The van der Waals surface area contributed by atoms with Crippen molar-refractivity contribution >= 4 is 28.5 Å². The number of imidazole rings is 2. The fourth-order valence-corrected chi connectivity index (χ4v) is 3.14. The first kappa shape index (κ1) is 17.5. The number of carbonyl (C=O) groups is 2. The number of nitrogens with zero attached hydrogens (tertiary/aromatic N) is 3. The van der Waals surface area contributed by atoms with Gasteiger partial charge < -0.3 is 16.0 Å². The van der Waals surface area contributed by atoms with Crippen LogP contribution in [-0.2, 0) is 0 Å². The van der Waals surface area contributed by atoms with Crippen LogP contribution < -0.4 is 11.1 Å². The van der Waals surface area contributed by atoms with Crippen LogP contribution in [0, 0.1) is 13.8 Å². The highest BCUT2D eigenvalue weighted by Crippen LogP contribution is 2.22. The van der Waals surface area contributed by atoms with Crippen LogP contribution in [-0.4, -0.2) is 31.3 Å². The van der Waals surface area contributed by atoms with Gasteiger partial charge in [0.05, 0.1) is 11.0 Å². The van der Waals surface area contributed by atoms with Crippen LogP contribution >= 0.6 is 0 Å². The minimum atomic E-state index is -0.790. The molecule has 4 N–H and O–H groups in total. The third kappa shape index (κ3) is 2.90. The molecule has 8 nitrogen and oxygen atoms in total. The van der Waals surface area contributed by atoms with E-state index in [9.17, 15) is 9.59 Å². The first-order chi connectivity index (χ1) is 13.5. The fraction of sp³-hybridized carbons (Fsp3) is 0.100. The molecular formula is C20H18N6O2. The number of anilines is 1. The zero-order valence-electron chi connectivity index (χ0n) is 15.4. The molecule has 0 aliphatic rings. The van der Waals surface area contributed by atoms with Gasteiger partial charge in [0.15, 0.2) is 5.69 Å². The Hall–Kier alpha value is -3.94. The highest BCUT2D eigenvalue weighted by atomic mass is 16.2. The van der Waals surface area contributed by atoms with Crippen molar-refractivity contribution in [3.05, 3.63) is 71.3 Å². The van der Waals surface area contributed by atoms with Gasteiger partial charge in [0, 0.05) is 5.69 Å². The summed E-state index contributed by atoms with van der Waals surface area (Å²) >= 11 is 0. The molecule has 0 radical (unpaired) electrons. The fourth-order valence-electron chi connectivity index (χ4n) is 3.14. The maximum atomic E-state index is 13.1. The molecule has 0 atom stereocenters. The minimum Gasteiger partial charge on any atom is -0.364 e. The Kier molecular flexibility index (Phi) is 4.15. The second-order valence-electron chi connectivity index (χ2n) is 6.47. The van der Waals surface area contributed by atoms with Gasteiger partial charge in [-0.1, -0.05) is 30.3 Å². The number of amides is 2. The lowest BCUT2D eigenvalue weighted by Gasteiger charge is -2.12. The standard InChI is InChI=1S/C20H18N6O2/c1-11-6-5-7-12(2)15(11)25-19(28)17-16(18(21)27)22-10-26(17)20-23-13-8-3-4-9-14(13)24-20/h3-10H,1-2H3,(H2,21,27)(H,23,24)(H,25,28). The summed E-state index contributed by atoms with van der Waals surface area (Å²) in [6, 6.07) is 13.2. The lowest BCUT2D eigenvalue weighted by molar-refractivity contribution is 0.0971. The number of nitrogens with two attached hydrogens (primary N) is 1. The molecule has 4 rings (SSSR count). The molecule has 2 heterocycles. The third-order valence-electron chi connectivity index (χ3n) is 4.54. The van der Waals surface area contributed by atoms with Crippen LogP contribution in [0.3, 0.4) is 0 Å². The number of H-pyrrole nitrogens is 1. The van der Waals surface area contributed by atoms with E-state index in [1.165, 1.54) is 10.9 Å². The van der Waals surface area contributed by atoms with E-state index < -0.39 is 11.8 Å². The first-order valence-electron chi connectivity index (χ1n) is 8.65. The number of nitrogens with one attached hydrogen (secondary N) is 2. The smallest absolute Gasteiger partial charge is 0.275 e. The Labute approximate surface area is 160 Å². The monoisotopic (exact) mass is 374 g/mol. The average Bonchev–Trinajstić information content (AvgIpc) is 3.28. The topological polar surface area (TPSA) is 119 Å². The van der Waals surface area contributed by atoms with E-state index in [4.69, 9.17) is 5.73 Å². The van der Waals surface area contributed by atoms with E-state index >= 15 is 0 Å². The summed E-state index contributed by atoms with van der Waals surface area (Å²) in [7, 11) is 0. The number of para-hydroxylation sites is 3. The van der Waals surface area contributed by atoms with Crippen LogP contribution in [0.1, 0.15) is 32.1 Å². The Morgan fingerprint density at radius 3 is 2.46 bits per heavy atom. The van der Waals surface area contributed by atoms with Crippen molar-refractivity contribution in [2.75, 3.05) is 5.32 Å². The number of rotatable bonds is 4. The number of aromatic amines is 1. The van der Waals surface area contributed by atoms with Gasteiger partial charge in [-0.25, -0.2) is 9.97 Å². The molecule has 0 unspecified atom stereocenters. The molecule has 0 saturated carbocycles. The molecule has 4 aromatic rings. The molecule has 2 aromatic carbocycles. The van der Waals surface area contributed by atoms with Crippen molar-refractivity contribution in [3.63, 3.8) is 0 Å². The summed E-state index contributed by atoms with van der Waals surface area (Å²) in [5, 5.41) is 2.87. The highest BCUT2D eigenvalue weighted by Gasteiger charge is 2.25. The molecule has 2 aromatic heterocycles. The lowest BCUT2D eigenvalue weighted by Crippen LogP contribution is -2.23. The van der Waals surface area contributed by atoms with Crippen molar-refractivity contribution in [3.8, 4) is 5.95 Å².